The number of rotatable bonds is 4. The molecule has 0 aliphatic carbocycles. The second kappa shape index (κ2) is 7.31. The molecular formula is C18H25N3O4. The van der Waals surface area contributed by atoms with Crippen LogP contribution in [0.4, 0.5) is 0 Å². The van der Waals surface area contributed by atoms with Gasteiger partial charge in [0, 0.05) is 31.7 Å². The molecular weight excluding hydrogens is 322 g/mol. The summed E-state index contributed by atoms with van der Waals surface area (Å²) >= 11 is 0. The van der Waals surface area contributed by atoms with Gasteiger partial charge >= 0.3 is 0 Å². The lowest BCUT2D eigenvalue weighted by atomic mass is 9.98. The topological polar surface area (TPSA) is 85.1 Å². The van der Waals surface area contributed by atoms with Gasteiger partial charge in [-0.05, 0) is 24.1 Å². The van der Waals surface area contributed by atoms with Crippen LogP contribution in [0.1, 0.15) is 30.6 Å². The fourth-order valence-electron chi connectivity index (χ4n) is 3.05. The van der Waals surface area contributed by atoms with Gasteiger partial charge < -0.3 is 25.0 Å². The maximum atomic E-state index is 12.7. The summed E-state index contributed by atoms with van der Waals surface area (Å²) < 4.78 is 10.6. The first kappa shape index (κ1) is 17.5. The van der Waals surface area contributed by atoms with E-state index in [4.69, 9.17) is 15.2 Å². The maximum Gasteiger partial charge on any atom is 0.254 e. The lowest BCUT2D eigenvalue weighted by molar-refractivity contribution is -0.135. The van der Waals surface area contributed by atoms with Crippen LogP contribution in [0.15, 0.2) is 18.2 Å². The number of amides is 2. The highest BCUT2D eigenvalue weighted by Gasteiger charge is 2.30. The summed E-state index contributed by atoms with van der Waals surface area (Å²) in [6, 6.07) is 4.73. The van der Waals surface area contributed by atoms with E-state index in [0.29, 0.717) is 43.2 Å². The molecule has 3 rings (SSSR count). The average Bonchev–Trinajstić information content (AvgIpc) is 3.13. The van der Waals surface area contributed by atoms with E-state index in [-0.39, 0.29) is 24.5 Å². The van der Waals surface area contributed by atoms with Gasteiger partial charge in [0.25, 0.3) is 5.91 Å². The third-order valence-corrected chi connectivity index (χ3v) is 5.04. The lowest BCUT2D eigenvalue weighted by Crippen LogP contribution is -2.55. The largest absolute Gasteiger partial charge is 0.454 e. The molecule has 25 heavy (non-hydrogen) atoms. The van der Waals surface area contributed by atoms with E-state index < -0.39 is 6.04 Å². The summed E-state index contributed by atoms with van der Waals surface area (Å²) in [5, 5.41) is 0. The fourth-order valence-corrected chi connectivity index (χ4v) is 3.05. The molecule has 136 valence electrons. The van der Waals surface area contributed by atoms with Gasteiger partial charge in [-0.15, -0.1) is 0 Å². The SMILES string of the molecule is CCC(C)C(N)C(=O)N1CCN(C(=O)c2ccc3c(c2)OCO3)CC1. The second-order valence-electron chi connectivity index (χ2n) is 6.60. The molecule has 2 atom stereocenters. The molecule has 0 saturated carbocycles. The molecule has 0 radical (unpaired) electrons. The molecule has 2 aliphatic rings. The quantitative estimate of drug-likeness (QED) is 0.881. The normalized spacial score (nSPS) is 18.8. The van der Waals surface area contributed by atoms with E-state index in [9.17, 15) is 9.59 Å². The number of nitrogens with zero attached hydrogens (tertiary/aromatic N) is 2. The Morgan fingerprint density at radius 2 is 1.76 bits per heavy atom. The molecule has 2 heterocycles. The minimum atomic E-state index is -0.471. The van der Waals surface area contributed by atoms with E-state index in [1.54, 1.807) is 28.0 Å². The molecule has 7 heteroatoms. The molecule has 2 unspecified atom stereocenters. The molecule has 2 amide bonds. The van der Waals surface area contributed by atoms with Crippen molar-refractivity contribution in [3.05, 3.63) is 23.8 Å². The minimum Gasteiger partial charge on any atom is -0.454 e. The predicted octanol–water partition coefficient (Wildman–Crippen LogP) is 1.07. The number of fused-ring (bicyclic) bond motifs is 1. The first-order valence-electron chi connectivity index (χ1n) is 8.74. The van der Waals surface area contributed by atoms with Crippen LogP contribution < -0.4 is 15.2 Å². The Morgan fingerprint density at radius 3 is 2.44 bits per heavy atom. The highest BCUT2D eigenvalue weighted by Crippen LogP contribution is 2.32. The van der Waals surface area contributed by atoms with Crippen LogP contribution >= 0.6 is 0 Å². The number of hydrogen-bond donors (Lipinski definition) is 1. The Bertz CT molecular complexity index is 656. The van der Waals surface area contributed by atoms with Crippen LogP contribution in [-0.4, -0.2) is 60.6 Å². The van der Waals surface area contributed by atoms with E-state index in [1.807, 2.05) is 13.8 Å². The zero-order valence-electron chi connectivity index (χ0n) is 14.7. The Kier molecular flexibility index (Phi) is 5.13. The number of piperazine rings is 1. The van der Waals surface area contributed by atoms with Crippen LogP contribution in [0.2, 0.25) is 0 Å². The summed E-state index contributed by atoms with van der Waals surface area (Å²) in [6.45, 7) is 6.24. The van der Waals surface area contributed by atoms with Crippen molar-refractivity contribution >= 4 is 11.8 Å². The van der Waals surface area contributed by atoms with E-state index in [0.717, 1.165) is 6.42 Å². The first-order chi connectivity index (χ1) is 12.0. The van der Waals surface area contributed by atoms with Gasteiger partial charge in [0.05, 0.1) is 6.04 Å². The molecule has 0 bridgehead atoms. The summed E-state index contributed by atoms with van der Waals surface area (Å²) in [7, 11) is 0. The standard InChI is InChI=1S/C18H25N3O4/c1-3-12(2)16(19)18(23)21-8-6-20(7-9-21)17(22)13-4-5-14-15(10-13)25-11-24-14/h4-5,10,12,16H,3,6-9,11,19H2,1-2H3. The van der Waals surface area contributed by atoms with Gasteiger partial charge in [-0.2, -0.15) is 0 Å². The number of carbonyl (C=O) groups excluding carboxylic acids is 2. The summed E-state index contributed by atoms with van der Waals surface area (Å²) in [6.07, 6.45) is 0.871. The summed E-state index contributed by atoms with van der Waals surface area (Å²) in [5.41, 5.74) is 6.61. The van der Waals surface area contributed by atoms with Crippen LogP contribution in [0, 0.1) is 5.92 Å². The van der Waals surface area contributed by atoms with Crippen molar-refractivity contribution < 1.29 is 19.1 Å². The van der Waals surface area contributed by atoms with Gasteiger partial charge in [0.2, 0.25) is 12.7 Å². The van der Waals surface area contributed by atoms with Gasteiger partial charge in [-0.1, -0.05) is 20.3 Å². The van der Waals surface area contributed by atoms with Crippen LogP contribution in [-0.2, 0) is 4.79 Å². The van der Waals surface area contributed by atoms with Gasteiger partial charge in [-0.25, -0.2) is 0 Å². The van der Waals surface area contributed by atoms with Crippen molar-refractivity contribution in [2.24, 2.45) is 11.7 Å². The third kappa shape index (κ3) is 3.56. The average molecular weight is 347 g/mol. The molecule has 1 fully saturated rings. The molecule has 1 saturated heterocycles. The molecule has 0 aromatic heterocycles. The molecule has 2 N–H and O–H groups in total. The van der Waals surface area contributed by atoms with Crippen molar-refractivity contribution in [3.8, 4) is 11.5 Å². The van der Waals surface area contributed by atoms with Crippen molar-refractivity contribution in [1.29, 1.82) is 0 Å². The number of ether oxygens (including phenoxy) is 2. The fraction of sp³-hybridized carbons (Fsp3) is 0.556. The molecule has 2 aliphatic heterocycles. The number of hydrogen-bond acceptors (Lipinski definition) is 5. The zero-order chi connectivity index (χ0) is 18.0. The summed E-state index contributed by atoms with van der Waals surface area (Å²) in [5.74, 6) is 1.33. The van der Waals surface area contributed by atoms with Crippen molar-refractivity contribution in [1.82, 2.24) is 9.80 Å². The molecule has 1 aromatic carbocycles. The Hall–Kier alpha value is -2.28. The number of carbonyl (C=O) groups is 2. The Morgan fingerprint density at radius 1 is 1.12 bits per heavy atom. The lowest BCUT2D eigenvalue weighted by Gasteiger charge is -2.36. The van der Waals surface area contributed by atoms with Crippen molar-refractivity contribution in [2.45, 2.75) is 26.3 Å². The summed E-state index contributed by atoms with van der Waals surface area (Å²) in [4.78, 5) is 28.6. The molecule has 7 nitrogen and oxygen atoms in total. The number of benzene rings is 1. The van der Waals surface area contributed by atoms with E-state index in [2.05, 4.69) is 0 Å². The van der Waals surface area contributed by atoms with E-state index >= 15 is 0 Å². The van der Waals surface area contributed by atoms with Gasteiger partial charge in [-0.3, -0.25) is 9.59 Å². The van der Waals surface area contributed by atoms with Crippen LogP contribution in [0.3, 0.4) is 0 Å². The zero-order valence-corrected chi connectivity index (χ0v) is 14.7. The van der Waals surface area contributed by atoms with Crippen molar-refractivity contribution in [2.75, 3.05) is 33.0 Å². The monoisotopic (exact) mass is 347 g/mol. The first-order valence-corrected chi connectivity index (χ1v) is 8.74. The highest BCUT2D eigenvalue weighted by atomic mass is 16.7. The smallest absolute Gasteiger partial charge is 0.254 e. The van der Waals surface area contributed by atoms with Crippen LogP contribution in [0.5, 0.6) is 11.5 Å². The second-order valence-corrected chi connectivity index (χ2v) is 6.60. The Balaban J connectivity index is 1.58. The van der Waals surface area contributed by atoms with Gasteiger partial charge in [0.1, 0.15) is 0 Å². The van der Waals surface area contributed by atoms with Gasteiger partial charge in [0.15, 0.2) is 11.5 Å². The Labute approximate surface area is 147 Å². The molecule has 1 aromatic rings. The minimum absolute atomic E-state index is 0.0236. The van der Waals surface area contributed by atoms with E-state index in [1.165, 1.54) is 0 Å². The third-order valence-electron chi connectivity index (χ3n) is 5.04. The van der Waals surface area contributed by atoms with Crippen molar-refractivity contribution in [3.63, 3.8) is 0 Å². The number of nitrogens with two attached hydrogens (primary N) is 1. The maximum absolute atomic E-state index is 12.7. The predicted molar refractivity (Wildman–Crippen MR) is 92.5 cm³/mol. The van der Waals surface area contributed by atoms with Crippen LogP contribution in [0.25, 0.3) is 0 Å². The highest BCUT2D eigenvalue weighted by molar-refractivity contribution is 5.95. The molecule has 0 spiro atoms.